The van der Waals surface area contributed by atoms with Crippen LogP contribution in [0.4, 0.5) is 5.69 Å². The molecule has 1 saturated carbocycles. The van der Waals surface area contributed by atoms with E-state index in [1.807, 2.05) is 0 Å². The second-order valence-corrected chi connectivity index (χ2v) is 5.88. The van der Waals surface area contributed by atoms with Crippen molar-refractivity contribution in [1.82, 2.24) is 4.98 Å². The van der Waals surface area contributed by atoms with Crippen molar-refractivity contribution in [2.24, 2.45) is 5.10 Å². The van der Waals surface area contributed by atoms with Gasteiger partial charge in [0.1, 0.15) is 10.0 Å². The molecule has 8 heteroatoms. The summed E-state index contributed by atoms with van der Waals surface area (Å²) in [7, 11) is 0. The number of anilines is 1. The van der Waals surface area contributed by atoms with Crippen LogP contribution < -0.4 is 5.43 Å². The highest BCUT2D eigenvalue weighted by Crippen LogP contribution is 2.37. The second-order valence-electron chi connectivity index (χ2n) is 4.76. The van der Waals surface area contributed by atoms with Gasteiger partial charge in [0.25, 0.3) is 0 Å². The minimum absolute atomic E-state index is 0.0599. The van der Waals surface area contributed by atoms with Crippen LogP contribution in [0.3, 0.4) is 0 Å². The largest absolute Gasteiger partial charge is 0.476 e. The number of aromatic carboxylic acids is 1. The van der Waals surface area contributed by atoms with Gasteiger partial charge in [-0.2, -0.15) is 5.10 Å². The number of aromatic nitrogens is 1. The predicted molar refractivity (Wildman–Crippen MR) is 85.0 cm³/mol. The van der Waals surface area contributed by atoms with E-state index in [-0.39, 0.29) is 26.6 Å². The van der Waals surface area contributed by atoms with Crippen molar-refractivity contribution in [2.45, 2.75) is 38.5 Å². The maximum absolute atomic E-state index is 11.1. The van der Waals surface area contributed by atoms with Crippen molar-refractivity contribution in [2.75, 3.05) is 5.43 Å². The van der Waals surface area contributed by atoms with E-state index < -0.39 is 5.97 Å². The fourth-order valence-electron chi connectivity index (χ4n) is 2.14. The Morgan fingerprint density at radius 2 is 1.71 bits per heavy atom. The van der Waals surface area contributed by atoms with Gasteiger partial charge < -0.3 is 5.11 Å². The SMILES string of the molecule is O=C(O)c1nc(Cl)c(Cl)c(NN=C2CCCCCC2)c1Cl. The molecule has 2 N–H and O–H groups in total. The van der Waals surface area contributed by atoms with Crippen LogP contribution in [0.1, 0.15) is 49.0 Å². The van der Waals surface area contributed by atoms with E-state index in [2.05, 4.69) is 15.5 Å². The molecule has 0 atom stereocenters. The molecule has 1 heterocycles. The Morgan fingerprint density at radius 1 is 1.10 bits per heavy atom. The summed E-state index contributed by atoms with van der Waals surface area (Å²) in [6, 6.07) is 0. The third kappa shape index (κ3) is 3.99. The number of nitrogens with zero attached hydrogens (tertiary/aromatic N) is 2. The van der Waals surface area contributed by atoms with Crippen molar-refractivity contribution in [3.05, 3.63) is 20.9 Å². The summed E-state index contributed by atoms with van der Waals surface area (Å²) in [5.74, 6) is -1.27. The van der Waals surface area contributed by atoms with Gasteiger partial charge in [0, 0.05) is 5.71 Å². The highest BCUT2D eigenvalue weighted by Gasteiger charge is 2.21. The Balaban J connectivity index is 2.30. The van der Waals surface area contributed by atoms with Crippen LogP contribution in [0, 0.1) is 0 Å². The normalized spacial score (nSPS) is 15.5. The Kier molecular flexibility index (Phi) is 5.67. The minimum atomic E-state index is -1.27. The lowest BCUT2D eigenvalue weighted by molar-refractivity contribution is 0.0691. The Hall–Kier alpha value is -1.04. The van der Waals surface area contributed by atoms with Crippen LogP contribution >= 0.6 is 34.8 Å². The Bertz CT molecular complexity index is 581. The van der Waals surface area contributed by atoms with Gasteiger partial charge in [-0.25, -0.2) is 9.78 Å². The molecular formula is C13H14Cl3N3O2. The van der Waals surface area contributed by atoms with Crippen LogP contribution in [0.25, 0.3) is 0 Å². The number of pyridine rings is 1. The van der Waals surface area contributed by atoms with Gasteiger partial charge in [0.2, 0.25) is 0 Å². The molecule has 1 aromatic heterocycles. The lowest BCUT2D eigenvalue weighted by Gasteiger charge is -2.11. The smallest absolute Gasteiger partial charge is 0.356 e. The molecule has 0 radical (unpaired) electrons. The van der Waals surface area contributed by atoms with E-state index >= 15 is 0 Å². The van der Waals surface area contributed by atoms with E-state index in [0.29, 0.717) is 0 Å². The molecule has 5 nitrogen and oxygen atoms in total. The quantitative estimate of drug-likeness (QED) is 0.463. The molecule has 21 heavy (non-hydrogen) atoms. The van der Waals surface area contributed by atoms with Crippen LogP contribution in [0.15, 0.2) is 5.10 Å². The molecule has 1 fully saturated rings. The van der Waals surface area contributed by atoms with Crippen LogP contribution in [-0.2, 0) is 0 Å². The molecule has 0 unspecified atom stereocenters. The zero-order chi connectivity index (χ0) is 15.4. The number of hydrazone groups is 1. The molecule has 0 spiro atoms. The predicted octanol–water partition coefficient (Wildman–Crippen LogP) is 4.86. The number of carboxylic acids is 1. The van der Waals surface area contributed by atoms with E-state index in [4.69, 9.17) is 39.9 Å². The molecule has 0 aliphatic heterocycles. The first-order chi connectivity index (χ1) is 10.0. The monoisotopic (exact) mass is 349 g/mol. The fraction of sp³-hybridized carbons (Fsp3) is 0.462. The standard InChI is InChI=1S/C13H14Cl3N3O2/c14-8-10(9(15)12(16)17-11(8)13(20)21)19-18-7-5-3-1-2-4-6-7/h1-6H2,(H,17,19)(H,20,21). The number of hydrogen-bond acceptors (Lipinski definition) is 4. The lowest BCUT2D eigenvalue weighted by Crippen LogP contribution is -2.07. The first-order valence-electron chi connectivity index (χ1n) is 6.60. The van der Waals surface area contributed by atoms with Gasteiger partial charge in [0.15, 0.2) is 10.8 Å². The summed E-state index contributed by atoms with van der Waals surface area (Å²) in [6.07, 6.45) is 6.41. The summed E-state index contributed by atoms with van der Waals surface area (Å²) in [4.78, 5) is 14.7. The van der Waals surface area contributed by atoms with Crippen molar-refractivity contribution >= 4 is 52.2 Å². The van der Waals surface area contributed by atoms with Crippen molar-refractivity contribution < 1.29 is 9.90 Å². The summed E-state index contributed by atoms with van der Waals surface area (Å²) in [6.45, 7) is 0. The van der Waals surface area contributed by atoms with Crippen LogP contribution in [-0.4, -0.2) is 21.8 Å². The highest BCUT2D eigenvalue weighted by molar-refractivity contribution is 6.46. The van der Waals surface area contributed by atoms with Gasteiger partial charge in [-0.05, 0) is 25.7 Å². The third-order valence-electron chi connectivity index (χ3n) is 3.25. The van der Waals surface area contributed by atoms with Crippen LogP contribution in [0.5, 0.6) is 0 Å². The van der Waals surface area contributed by atoms with E-state index in [0.717, 1.165) is 31.4 Å². The van der Waals surface area contributed by atoms with Crippen molar-refractivity contribution in [1.29, 1.82) is 0 Å². The summed E-state index contributed by atoms with van der Waals surface area (Å²) in [5, 5.41) is 13.2. The van der Waals surface area contributed by atoms with E-state index in [9.17, 15) is 4.79 Å². The molecule has 114 valence electrons. The maximum atomic E-state index is 11.1. The Morgan fingerprint density at radius 3 is 2.29 bits per heavy atom. The highest BCUT2D eigenvalue weighted by atomic mass is 35.5. The first kappa shape index (κ1) is 16.3. The molecule has 2 rings (SSSR count). The summed E-state index contributed by atoms with van der Waals surface area (Å²) >= 11 is 17.9. The first-order valence-corrected chi connectivity index (χ1v) is 7.73. The molecule has 1 aliphatic carbocycles. The second kappa shape index (κ2) is 7.29. The molecule has 1 aromatic rings. The van der Waals surface area contributed by atoms with Gasteiger partial charge in [-0.3, -0.25) is 5.43 Å². The van der Waals surface area contributed by atoms with E-state index in [1.54, 1.807) is 0 Å². The van der Waals surface area contributed by atoms with Crippen molar-refractivity contribution in [3.8, 4) is 0 Å². The van der Waals surface area contributed by atoms with Gasteiger partial charge >= 0.3 is 5.97 Å². The average Bonchev–Trinajstić information content (AvgIpc) is 2.71. The van der Waals surface area contributed by atoms with Gasteiger partial charge in [-0.15, -0.1) is 0 Å². The zero-order valence-corrected chi connectivity index (χ0v) is 13.4. The minimum Gasteiger partial charge on any atom is -0.476 e. The molecule has 0 amide bonds. The number of halogens is 3. The number of carbonyl (C=O) groups is 1. The molecule has 0 aromatic carbocycles. The number of rotatable bonds is 3. The van der Waals surface area contributed by atoms with Crippen molar-refractivity contribution in [3.63, 3.8) is 0 Å². The van der Waals surface area contributed by atoms with Gasteiger partial charge in [-0.1, -0.05) is 47.6 Å². The maximum Gasteiger partial charge on any atom is 0.356 e. The number of hydrogen-bond donors (Lipinski definition) is 2. The number of carboxylic acid groups (broad SMARTS) is 1. The lowest BCUT2D eigenvalue weighted by atomic mass is 10.2. The number of nitrogens with one attached hydrogen (secondary N) is 1. The molecular weight excluding hydrogens is 337 g/mol. The van der Waals surface area contributed by atoms with Crippen LogP contribution in [0.2, 0.25) is 15.2 Å². The molecule has 1 aliphatic rings. The summed E-state index contributed by atoms with van der Waals surface area (Å²) in [5.41, 5.74) is 3.59. The zero-order valence-electron chi connectivity index (χ0n) is 11.1. The summed E-state index contributed by atoms with van der Waals surface area (Å²) < 4.78 is 0. The van der Waals surface area contributed by atoms with E-state index in [1.165, 1.54) is 12.8 Å². The molecule has 0 saturated heterocycles. The van der Waals surface area contributed by atoms with Gasteiger partial charge in [0.05, 0.1) is 5.69 Å². The average molecular weight is 351 g/mol. The third-order valence-corrected chi connectivity index (χ3v) is 4.35. The molecule has 0 bridgehead atoms. The fourth-order valence-corrected chi connectivity index (χ4v) is 2.80. The Labute approximate surface area is 137 Å². The topological polar surface area (TPSA) is 74.6 Å².